The molecule has 0 fully saturated rings. The van der Waals surface area contributed by atoms with Crippen LogP contribution in [0.4, 0.5) is 5.95 Å². The number of fused-ring (bicyclic) bond motifs is 1. The van der Waals surface area contributed by atoms with Crippen molar-refractivity contribution < 1.29 is 9.47 Å². The maximum Gasteiger partial charge on any atom is 0.201 e. The third-order valence-electron chi connectivity index (χ3n) is 2.86. The second-order valence-corrected chi connectivity index (χ2v) is 4.20. The number of hydrogen-bond donors (Lipinski definition) is 1. The van der Waals surface area contributed by atoms with E-state index >= 15 is 0 Å². The van der Waals surface area contributed by atoms with Crippen LogP contribution in [0.2, 0.25) is 0 Å². The summed E-state index contributed by atoms with van der Waals surface area (Å²) in [5.74, 6) is 1.26. The Kier molecular flexibility index (Phi) is 3.72. The Labute approximate surface area is 107 Å². The molecule has 0 aliphatic carbocycles. The highest BCUT2D eigenvalue weighted by Crippen LogP contribution is 2.29. The molecule has 1 aromatic heterocycles. The van der Waals surface area contributed by atoms with Crippen LogP contribution in [0.5, 0.6) is 5.75 Å². The monoisotopic (exact) mass is 249 g/mol. The number of nitrogens with zero attached hydrogens (tertiary/aromatic N) is 2. The first kappa shape index (κ1) is 12.7. The topological polar surface area (TPSA) is 62.3 Å². The van der Waals surface area contributed by atoms with E-state index in [1.165, 1.54) is 0 Å². The molecule has 98 valence electrons. The van der Waals surface area contributed by atoms with Gasteiger partial charge >= 0.3 is 0 Å². The predicted molar refractivity (Wildman–Crippen MR) is 71.9 cm³/mol. The summed E-state index contributed by atoms with van der Waals surface area (Å²) >= 11 is 0. The van der Waals surface area contributed by atoms with E-state index in [1.54, 1.807) is 7.11 Å². The number of para-hydroxylation sites is 1. The molecule has 0 spiro atoms. The molecular weight excluding hydrogens is 230 g/mol. The average molecular weight is 249 g/mol. The van der Waals surface area contributed by atoms with Gasteiger partial charge in [-0.15, -0.1) is 0 Å². The Balaban J connectivity index is 2.54. The Morgan fingerprint density at radius 3 is 2.89 bits per heavy atom. The van der Waals surface area contributed by atoms with Crippen molar-refractivity contribution in [2.75, 3.05) is 26.1 Å². The van der Waals surface area contributed by atoms with Crippen molar-refractivity contribution in [1.82, 2.24) is 9.55 Å². The van der Waals surface area contributed by atoms with Crippen LogP contribution in [0, 0.1) is 0 Å². The van der Waals surface area contributed by atoms with Gasteiger partial charge in [-0.1, -0.05) is 6.07 Å². The van der Waals surface area contributed by atoms with E-state index in [4.69, 9.17) is 15.2 Å². The van der Waals surface area contributed by atoms with Gasteiger partial charge in [-0.3, -0.25) is 0 Å². The first-order chi connectivity index (χ1) is 8.69. The number of imidazole rings is 1. The predicted octanol–water partition coefficient (Wildman–Crippen LogP) is 2.22. The largest absolute Gasteiger partial charge is 0.492 e. The summed E-state index contributed by atoms with van der Waals surface area (Å²) in [6.07, 6.45) is 0. The first-order valence-electron chi connectivity index (χ1n) is 6.07. The van der Waals surface area contributed by atoms with E-state index in [-0.39, 0.29) is 6.04 Å². The maximum atomic E-state index is 5.99. The molecule has 0 bridgehead atoms. The van der Waals surface area contributed by atoms with Crippen LogP contribution in [0.3, 0.4) is 0 Å². The van der Waals surface area contributed by atoms with Crippen LogP contribution < -0.4 is 10.5 Å². The van der Waals surface area contributed by atoms with Crippen molar-refractivity contribution in [2.24, 2.45) is 0 Å². The summed E-state index contributed by atoms with van der Waals surface area (Å²) in [4.78, 5) is 4.40. The van der Waals surface area contributed by atoms with Crippen LogP contribution in [0.25, 0.3) is 11.0 Å². The fraction of sp³-hybridized carbons (Fsp3) is 0.462. The normalized spacial score (nSPS) is 12.8. The molecule has 18 heavy (non-hydrogen) atoms. The quantitative estimate of drug-likeness (QED) is 0.882. The van der Waals surface area contributed by atoms with E-state index in [0.717, 1.165) is 16.8 Å². The standard InChI is InChI=1S/C13H19N3O2/c1-4-18-11-7-5-6-10-12(11)15-13(14)16(10)9(2)8-17-3/h5-7,9H,4,8H2,1-3H3,(H2,14,15). The highest BCUT2D eigenvalue weighted by molar-refractivity contribution is 5.84. The Morgan fingerprint density at radius 1 is 1.44 bits per heavy atom. The number of aromatic nitrogens is 2. The summed E-state index contributed by atoms with van der Waals surface area (Å²) in [6, 6.07) is 5.98. The third kappa shape index (κ3) is 2.13. The van der Waals surface area contributed by atoms with E-state index in [1.807, 2.05) is 36.6 Å². The van der Waals surface area contributed by atoms with Gasteiger partial charge in [0, 0.05) is 7.11 Å². The average Bonchev–Trinajstić information content (AvgIpc) is 2.67. The zero-order valence-electron chi connectivity index (χ0n) is 11.0. The molecule has 1 heterocycles. The molecule has 5 heteroatoms. The van der Waals surface area contributed by atoms with E-state index in [2.05, 4.69) is 4.98 Å². The number of nitrogens with two attached hydrogens (primary N) is 1. The lowest BCUT2D eigenvalue weighted by Gasteiger charge is -2.14. The van der Waals surface area contributed by atoms with Crippen molar-refractivity contribution in [2.45, 2.75) is 19.9 Å². The molecular formula is C13H19N3O2. The lowest BCUT2D eigenvalue weighted by atomic mass is 10.2. The minimum absolute atomic E-state index is 0.136. The summed E-state index contributed by atoms with van der Waals surface area (Å²) in [7, 11) is 1.68. The number of rotatable bonds is 5. The Morgan fingerprint density at radius 2 is 2.22 bits per heavy atom. The molecule has 0 aliphatic rings. The second kappa shape index (κ2) is 5.27. The van der Waals surface area contributed by atoms with Gasteiger partial charge in [-0.05, 0) is 26.0 Å². The van der Waals surface area contributed by atoms with Gasteiger partial charge in [-0.25, -0.2) is 4.98 Å². The molecule has 0 saturated heterocycles. The SMILES string of the molecule is CCOc1cccc2c1nc(N)n2C(C)COC. The number of nitrogen functional groups attached to an aromatic ring is 1. The fourth-order valence-corrected chi connectivity index (χ4v) is 2.16. The summed E-state index contributed by atoms with van der Waals surface area (Å²) in [5, 5.41) is 0. The molecule has 5 nitrogen and oxygen atoms in total. The highest BCUT2D eigenvalue weighted by atomic mass is 16.5. The van der Waals surface area contributed by atoms with Gasteiger partial charge in [0.1, 0.15) is 11.3 Å². The molecule has 1 atom stereocenters. The number of ether oxygens (including phenoxy) is 2. The van der Waals surface area contributed by atoms with Gasteiger partial charge < -0.3 is 19.8 Å². The van der Waals surface area contributed by atoms with Crippen LogP contribution >= 0.6 is 0 Å². The molecule has 0 amide bonds. The fourth-order valence-electron chi connectivity index (χ4n) is 2.16. The maximum absolute atomic E-state index is 5.99. The first-order valence-corrected chi connectivity index (χ1v) is 6.07. The summed E-state index contributed by atoms with van der Waals surface area (Å²) in [5.41, 5.74) is 7.77. The van der Waals surface area contributed by atoms with Gasteiger partial charge in [0.15, 0.2) is 0 Å². The molecule has 1 unspecified atom stereocenters. The van der Waals surface area contributed by atoms with Gasteiger partial charge in [0.2, 0.25) is 5.95 Å². The number of anilines is 1. The van der Waals surface area contributed by atoms with Gasteiger partial charge in [0.05, 0.1) is 24.8 Å². The van der Waals surface area contributed by atoms with Crippen LogP contribution in [0.1, 0.15) is 19.9 Å². The number of methoxy groups -OCH3 is 1. The molecule has 2 aromatic rings. The van der Waals surface area contributed by atoms with Gasteiger partial charge in [0.25, 0.3) is 0 Å². The number of benzene rings is 1. The Hall–Kier alpha value is -1.75. The van der Waals surface area contributed by atoms with Crippen LogP contribution in [-0.2, 0) is 4.74 Å². The van der Waals surface area contributed by atoms with Crippen molar-refractivity contribution in [3.8, 4) is 5.75 Å². The van der Waals surface area contributed by atoms with Crippen molar-refractivity contribution in [3.63, 3.8) is 0 Å². The summed E-state index contributed by atoms with van der Waals surface area (Å²) in [6.45, 7) is 5.20. The number of hydrogen-bond acceptors (Lipinski definition) is 4. The van der Waals surface area contributed by atoms with E-state index in [9.17, 15) is 0 Å². The zero-order valence-corrected chi connectivity index (χ0v) is 11.0. The Bertz CT molecular complexity index is 536. The third-order valence-corrected chi connectivity index (χ3v) is 2.86. The van der Waals surface area contributed by atoms with Crippen molar-refractivity contribution in [3.05, 3.63) is 18.2 Å². The van der Waals surface area contributed by atoms with E-state index in [0.29, 0.717) is 19.2 Å². The lowest BCUT2D eigenvalue weighted by molar-refractivity contribution is 0.164. The smallest absolute Gasteiger partial charge is 0.201 e. The lowest BCUT2D eigenvalue weighted by Crippen LogP contribution is -2.13. The van der Waals surface area contributed by atoms with Crippen LogP contribution in [-0.4, -0.2) is 29.9 Å². The minimum Gasteiger partial charge on any atom is -0.492 e. The molecule has 0 aliphatic heterocycles. The molecule has 2 rings (SSSR count). The molecule has 2 N–H and O–H groups in total. The minimum atomic E-state index is 0.136. The molecule has 0 saturated carbocycles. The molecule has 0 radical (unpaired) electrons. The zero-order chi connectivity index (χ0) is 13.1. The van der Waals surface area contributed by atoms with Crippen molar-refractivity contribution >= 4 is 17.0 Å². The van der Waals surface area contributed by atoms with E-state index < -0.39 is 0 Å². The second-order valence-electron chi connectivity index (χ2n) is 4.20. The highest BCUT2D eigenvalue weighted by Gasteiger charge is 2.16. The summed E-state index contributed by atoms with van der Waals surface area (Å²) < 4.78 is 12.7. The van der Waals surface area contributed by atoms with Gasteiger partial charge in [-0.2, -0.15) is 0 Å². The van der Waals surface area contributed by atoms with Crippen LogP contribution in [0.15, 0.2) is 18.2 Å². The molecule has 1 aromatic carbocycles. The van der Waals surface area contributed by atoms with Crippen molar-refractivity contribution in [1.29, 1.82) is 0 Å².